The molecule has 19 heavy (non-hydrogen) atoms. The monoisotopic (exact) mass is 268 g/mol. The third kappa shape index (κ3) is 2.87. The van der Waals surface area contributed by atoms with E-state index in [-0.39, 0.29) is 0 Å². The fourth-order valence-electron chi connectivity index (χ4n) is 3.00. The highest BCUT2D eigenvalue weighted by molar-refractivity contribution is 7.99. The van der Waals surface area contributed by atoms with E-state index < -0.39 is 0 Å². The molecule has 0 saturated heterocycles. The first-order chi connectivity index (χ1) is 9.36. The fraction of sp³-hybridized carbons (Fsp3) is 0.333. The summed E-state index contributed by atoms with van der Waals surface area (Å²) < 4.78 is 0. The molecule has 0 radical (unpaired) electrons. The maximum absolute atomic E-state index is 2.41. The zero-order chi connectivity index (χ0) is 13.1. The minimum atomic E-state index is 0.791. The van der Waals surface area contributed by atoms with Crippen LogP contribution in [-0.2, 0) is 6.42 Å². The lowest BCUT2D eigenvalue weighted by Gasteiger charge is -2.25. The van der Waals surface area contributed by atoms with Crippen LogP contribution in [0.15, 0.2) is 58.3 Å². The number of hydrogen-bond acceptors (Lipinski definition) is 1. The molecule has 0 heterocycles. The molecular formula is C18H20S. The Morgan fingerprint density at radius 3 is 2.68 bits per heavy atom. The second-order valence-corrected chi connectivity index (χ2v) is 6.42. The predicted octanol–water partition coefficient (Wildman–Crippen LogP) is 5.67. The van der Waals surface area contributed by atoms with E-state index in [0.717, 1.165) is 5.92 Å². The van der Waals surface area contributed by atoms with Crippen molar-refractivity contribution in [2.75, 3.05) is 0 Å². The number of fused-ring (bicyclic) bond motifs is 1. The first kappa shape index (κ1) is 12.8. The second-order valence-electron chi connectivity index (χ2n) is 5.27. The van der Waals surface area contributed by atoms with Gasteiger partial charge in [-0.15, -0.1) is 0 Å². The topological polar surface area (TPSA) is 0 Å². The molecule has 0 spiro atoms. The maximum atomic E-state index is 2.41. The van der Waals surface area contributed by atoms with Crippen LogP contribution in [0.5, 0.6) is 0 Å². The van der Waals surface area contributed by atoms with Crippen LogP contribution in [0.4, 0.5) is 0 Å². The van der Waals surface area contributed by atoms with Crippen LogP contribution in [0, 0.1) is 0 Å². The highest BCUT2D eigenvalue weighted by Crippen LogP contribution is 2.37. The molecule has 0 N–H and O–H groups in total. The van der Waals surface area contributed by atoms with Crippen molar-refractivity contribution in [3.63, 3.8) is 0 Å². The SMILES string of the molecule is CC[C@H]1CCCc2cc(Sc3ccccc3)ccc21. The largest absolute Gasteiger partial charge is 0.0901 e. The predicted molar refractivity (Wildman–Crippen MR) is 83.0 cm³/mol. The van der Waals surface area contributed by atoms with Crippen LogP contribution in [-0.4, -0.2) is 0 Å². The Morgan fingerprint density at radius 1 is 1.05 bits per heavy atom. The van der Waals surface area contributed by atoms with Crippen LogP contribution in [0.25, 0.3) is 0 Å². The maximum Gasteiger partial charge on any atom is 0.0125 e. The molecule has 0 fully saturated rings. The van der Waals surface area contributed by atoms with Crippen LogP contribution >= 0.6 is 11.8 Å². The summed E-state index contributed by atoms with van der Waals surface area (Å²) in [4.78, 5) is 2.70. The quantitative estimate of drug-likeness (QED) is 0.691. The lowest BCUT2D eigenvalue weighted by molar-refractivity contribution is 0.539. The Bertz CT molecular complexity index is 545. The summed E-state index contributed by atoms with van der Waals surface area (Å²) in [6.45, 7) is 2.31. The highest BCUT2D eigenvalue weighted by Gasteiger charge is 2.18. The Morgan fingerprint density at radius 2 is 1.89 bits per heavy atom. The minimum Gasteiger partial charge on any atom is -0.0901 e. The lowest BCUT2D eigenvalue weighted by Crippen LogP contribution is -2.08. The first-order valence-electron chi connectivity index (χ1n) is 7.22. The van der Waals surface area contributed by atoms with E-state index in [0.29, 0.717) is 0 Å². The summed E-state index contributed by atoms with van der Waals surface area (Å²) >= 11 is 1.87. The zero-order valence-electron chi connectivity index (χ0n) is 11.4. The van der Waals surface area contributed by atoms with Crippen molar-refractivity contribution in [3.8, 4) is 0 Å². The summed E-state index contributed by atoms with van der Waals surface area (Å²) in [6, 6.07) is 17.7. The first-order valence-corrected chi connectivity index (χ1v) is 8.04. The molecule has 0 saturated carbocycles. The van der Waals surface area contributed by atoms with Crippen molar-refractivity contribution in [1.29, 1.82) is 0 Å². The van der Waals surface area contributed by atoms with Gasteiger partial charge in [0.15, 0.2) is 0 Å². The van der Waals surface area contributed by atoms with Gasteiger partial charge in [-0.1, -0.05) is 43.0 Å². The molecule has 2 aromatic rings. The van der Waals surface area contributed by atoms with Gasteiger partial charge in [-0.05, 0) is 67.0 Å². The third-order valence-corrected chi connectivity index (χ3v) is 5.02. The zero-order valence-corrected chi connectivity index (χ0v) is 12.2. The molecule has 0 nitrogen and oxygen atoms in total. The standard InChI is InChI=1S/C18H20S/c1-2-14-7-6-8-15-13-17(11-12-18(14)15)19-16-9-4-3-5-10-16/h3-5,9-14H,2,6-8H2,1H3/t14-/m0/s1. The minimum absolute atomic E-state index is 0.791. The van der Waals surface area contributed by atoms with Gasteiger partial charge < -0.3 is 0 Å². The van der Waals surface area contributed by atoms with Crippen LogP contribution in [0.2, 0.25) is 0 Å². The molecule has 98 valence electrons. The van der Waals surface area contributed by atoms with Gasteiger partial charge in [0, 0.05) is 9.79 Å². The summed E-state index contributed by atoms with van der Waals surface area (Å²) in [5.74, 6) is 0.791. The molecule has 0 unspecified atom stereocenters. The molecule has 1 atom stereocenters. The van der Waals surface area contributed by atoms with Gasteiger partial charge in [-0.3, -0.25) is 0 Å². The van der Waals surface area contributed by atoms with E-state index in [2.05, 4.69) is 55.5 Å². The average molecular weight is 268 g/mol. The smallest absolute Gasteiger partial charge is 0.0125 e. The summed E-state index contributed by atoms with van der Waals surface area (Å²) in [6.07, 6.45) is 5.26. The summed E-state index contributed by atoms with van der Waals surface area (Å²) in [5, 5.41) is 0. The van der Waals surface area contributed by atoms with E-state index in [1.165, 1.54) is 35.5 Å². The molecular weight excluding hydrogens is 248 g/mol. The highest BCUT2D eigenvalue weighted by atomic mass is 32.2. The Labute approximate surface area is 120 Å². The van der Waals surface area contributed by atoms with Gasteiger partial charge in [-0.2, -0.15) is 0 Å². The van der Waals surface area contributed by atoms with Gasteiger partial charge >= 0.3 is 0 Å². The van der Waals surface area contributed by atoms with Crippen molar-refractivity contribution in [1.82, 2.24) is 0 Å². The van der Waals surface area contributed by atoms with Crippen molar-refractivity contribution >= 4 is 11.8 Å². The van der Waals surface area contributed by atoms with Gasteiger partial charge in [0.2, 0.25) is 0 Å². The number of aryl methyl sites for hydroxylation is 1. The van der Waals surface area contributed by atoms with Crippen molar-refractivity contribution in [2.45, 2.75) is 48.3 Å². The molecule has 3 rings (SSSR count). The van der Waals surface area contributed by atoms with Crippen LogP contribution < -0.4 is 0 Å². The Hall–Kier alpha value is -1.21. The van der Waals surface area contributed by atoms with E-state index in [9.17, 15) is 0 Å². The van der Waals surface area contributed by atoms with E-state index in [1.807, 2.05) is 11.8 Å². The molecule has 0 aliphatic heterocycles. The third-order valence-electron chi connectivity index (χ3n) is 4.02. The van der Waals surface area contributed by atoms with Crippen molar-refractivity contribution in [3.05, 3.63) is 59.7 Å². The molecule has 0 aromatic heterocycles. The van der Waals surface area contributed by atoms with Crippen molar-refractivity contribution in [2.24, 2.45) is 0 Å². The van der Waals surface area contributed by atoms with E-state index >= 15 is 0 Å². The summed E-state index contributed by atoms with van der Waals surface area (Å²) in [7, 11) is 0. The average Bonchev–Trinajstić information content (AvgIpc) is 2.47. The molecule has 1 aliphatic rings. The van der Waals surface area contributed by atoms with Gasteiger partial charge in [0.05, 0.1) is 0 Å². The molecule has 1 heteroatoms. The number of benzene rings is 2. The second kappa shape index (κ2) is 5.83. The number of hydrogen-bond donors (Lipinski definition) is 0. The fourth-order valence-corrected chi connectivity index (χ4v) is 3.91. The molecule has 1 aliphatic carbocycles. The van der Waals surface area contributed by atoms with E-state index in [1.54, 1.807) is 11.1 Å². The lowest BCUT2D eigenvalue weighted by atomic mass is 9.81. The van der Waals surface area contributed by atoms with Crippen LogP contribution in [0.1, 0.15) is 43.2 Å². The Balaban J connectivity index is 1.85. The van der Waals surface area contributed by atoms with Crippen molar-refractivity contribution < 1.29 is 0 Å². The van der Waals surface area contributed by atoms with Crippen LogP contribution in [0.3, 0.4) is 0 Å². The van der Waals surface area contributed by atoms with Gasteiger partial charge in [-0.25, -0.2) is 0 Å². The van der Waals surface area contributed by atoms with E-state index in [4.69, 9.17) is 0 Å². The summed E-state index contributed by atoms with van der Waals surface area (Å²) in [5.41, 5.74) is 3.19. The number of rotatable bonds is 3. The molecule has 0 bridgehead atoms. The van der Waals surface area contributed by atoms with Gasteiger partial charge in [0.25, 0.3) is 0 Å². The van der Waals surface area contributed by atoms with Gasteiger partial charge in [0.1, 0.15) is 0 Å². The molecule has 2 aromatic carbocycles. The molecule has 0 amide bonds. The normalized spacial score (nSPS) is 18.1. The Kier molecular flexibility index (Phi) is 3.93.